The van der Waals surface area contributed by atoms with Crippen molar-refractivity contribution >= 4 is 22.7 Å². The average molecular weight is 478 g/mol. The quantitative estimate of drug-likeness (QED) is 0.491. The number of rotatable bonds is 4. The van der Waals surface area contributed by atoms with Gasteiger partial charge in [-0.05, 0) is 78.9 Å². The number of aliphatic hydroxyl groups is 1. The van der Waals surface area contributed by atoms with Crippen LogP contribution in [-0.2, 0) is 11.8 Å². The Labute approximate surface area is 208 Å². The standard InChI is InChI=1S/C29H39N3OS/c1-17(2)20-8-10-22-21(14-20)9-11-24-28(5,12-7-13-29(22,24)6)16-32-15-23(33)25(26(32)30)27-31-18(3)19(4)34-27/h8,10,14,17,24,30,33H,7,9,11-13,15-16H2,1-6H3/t24-,28+,29+/m1/s1. The van der Waals surface area contributed by atoms with Gasteiger partial charge in [0, 0.05) is 11.4 Å². The van der Waals surface area contributed by atoms with Crippen molar-refractivity contribution in [2.45, 2.75) is 85.0 Å². The number of benzene rings is 1. The van der Waals surface area contributed by atoms with Gasteiger partial charge < -0.3 is 10.0 Å². The summed E-state index contributed by atoms with van der Waals surface area (Å²) in [4.78, 5) is 7.91. The van der Waals surface area contributed by atoms with Gasteiger partial charge in [-0.3, -0.25) is 5.41 Å². The molecule has 2 aliphatic carbocycles. The molecule has 2 heterocycles. The first-order valence-electron chi connectivity index (χ1n) is 12.9. The zero-order chi connectivity index (χ0) is 24.4. The van der Waals surface area contributed by atoms with Gasteiger partial charge in [0.05, 0.1) is 17.8 Å². The Kier molecular flexibility index (Phi) is 5.70. The number of nitrogens with zero attached hydrogens (tertiary/aromatic N) is 2. The molecule has 182 valence electrons. The predicted molar refractivity (Wildman–Crippen MR) is 142 cm³/mol. The van der Waals surface area contributed by atoms with E-state index in [0.29, 0.717) is 35.5 Å². The molecule has 0 amide bonds. The molecule has 34 heavy (non-hydrogen) atoms. The van der Waals surface area contributed by atoms with Crippen molar-refractivity contribution in [2.24, 2.45) is 11.3 Å². The van der Waals surface area contributed by atoms with Crippen LogP contribution in [0.2, 0.25) is 0 Å². The molecule has 1 aliphatic heterocycles. The average Bonchev–Trinajstić information content (AvgIpc) is 3.24. The zero-order valence-corrected chi connectivity index (χ0v) is 22.4. The maximum Gasteiger partial charge on any atom is 0.135 e. The highest BCUT2D eigenvalue weighted by molar-refractivity contribution is 7.13. The number of amidine groups is 1. The SMILES string of the molecule is Cc1nc(C2=C(O)CN(C[C@]3(C)CCC[C@@]4(C)c5ccc(C(C)C)cc5CC[C@H]34)C2=N)sc1C. The smallest absolute Gasteiger partial charge is 0.135 e. The fourth-order valence-electron chi connectivity index (χ4n) is 7.20. The molecule has 3 atom stereocenters. The molecule has 3 aliphatic rings. The van der Waals surface area contributed by atoms with Gasteiger partial charge in [-0.25, -0.2) is 4.98 Å². The van der Waals surface area contributed by atoms with Gasteiger partial charge in [0.1, 0.15) is 16.6 Å². The third-order valence-corrected chi connectivity index (χ3v) is 10.2. The van der Waals surface area contributed by atoms with Crippen LogP contribution in [0.1, 0.15) is 91.6 Å². The van der Waals surface area contributed by atoms with Crippen LogP contribution < -0.4 is 0 Å². The van der Waals surface area contributed by atoms with Crippen molar-refractivity contribution in [1.82, 2.24) is 9.88 Å². The van der Waals surface area contributed by atoms with Gasteiger partial charge >= 0.3 is 0 Å². The number of hydrogen-bond donors (Lipinski definition) is 2. The van der Waals surface area contributed by atoms with Crippen LogP contribution in [0.15, 0.2) is 24.0 Å². The molecule has 1 saturated carbocycles. The molecule has 2 N–H and O–H groups in total. The van der Waals surface area contributed by atoms with Crippen LogP contribution >= 0.6 is 11.3 Å². The fraction of sp³-hybridized carbons (Fsp3) is 0.586. The molecule has 0 spiro atoms. The number of hydrogen-bond acceptors (Lipinski definition) is 4. The molecule has 5 heteroatoms. The zero-order valence-electron chi connectivity index (χ0n) is 21.6. The van der Waals surface area contributed by atoms with Crippen LogP contribution in [-0.4, -0.2) is 33.9 Å². The van der Waals surface area contributed by atoms with Gasteiger partial charge in [-0.1, -0.05) is 52.3 Å². The number of nitrogens with one attached hydrogen (secondary N) is 1. The minimum Gasteiger partial charge on any atom is -0.510 e. The molecule has 0 unspecified atom stereocenters. The lowest BCUT2D eigenvalue weighted by Gasteiger charge is -2.56. The number of fused-ring (bicyclic) bond motifs is 3. The second-order valence-corrected chi connectivity index (χ2v) is 13.0. The first kappa shape index (κ1) is 23.6. The van der Waals surface area contributed by atoms with Crippen LogP contribution in [0, 0.1) is 30.6 Å². The third-order valence-electron chi connectivity index (χ3n) is 9.14. The van der Waals surface area contributed by atoms with Crippen molar-refractivity contribution < 1.29 is 5.11 Å². The second-order valence-electron chi connectivity index (χ2n) is 11.8. The summed E-state index contributed by atoms with van der Waals surface area (Å²) in [6, 6.07) is 7.25. The van der Waals surface area contributed by atoms with E-state index in [1.165, 1.54) is 31.2 Å². The van der Waals surface area contributed by atoms with E-state index in [2.05, 4.69) is 62.7 Å². The van der Waals surface area contributed by atoms with Crippen LogP contribution in [0.4, 0.5) is 0 Å². The van der Waals surface area contributed by atoms with Gasteiger partial charge in [-0.2, -0.15) is 0 Å². The molecule has 1 aromatic carbocycles. The second kappa shape index (κ2) is 8.22. The highest BCUT2D eigenvalue weighted by atomic mass is 32.1. The first-order valence-corrected chi connectivity index (χ1v) is 13.7. The summed E-state index contributed by atoms with van der Waals surface area (Å²) < 4.78 is 0. The molecule has 4 nitrogen and oxygen atoms in total. The van der Waals surface area contributed by atoms with Crippen molar-refractivity contribution in [3.8, 4) is 0 Å². The minimum atomic E-state index is 0.109. The summed E-state index contributed by atoms with van der Waals surface area (Å²) >= 11 is 1.58. The van der Waals surface area contributed by atoms with E-state index >= 15 is 0 Å². The summed E-state index contributed by atoms with van der Waals surface area (Å²) in [6.07, 6.45) is 6.00. The Morgan fingerprint density at radius 3 is 2.68 bits per heavy atom. The monoisotopic (exact) mass is 477 g/mol. The number of aliphatic hydroxyl groups excluding tert-OH is 1. The topological polar surface area (TPSA) is 60.2 Å². The molecule has 0 bridgehead atoms. The molecule has 5 rings (SSSR count). The maximum atomic E-state index is 10.8. The summed E-state index contributed by atoms with van der Waals surface area (Å²) in [5.74, 6) is 1.89. The fourth-order valence-corrected chi connectivity index (χ4v) is 8.18. The largest absolute Gasteiger partial charge is 0.510 e. The molecule has 2 aromatic rings. The lowest BCUT2D eigenvalue weighted by molar-refractivity contribution is 0.0108. The van der Waals surface area contributed by atoms with Crippen molar-refractivity contribution in [1.29, 1.82) is 5.41 Å². The number of aromatic nitrogens is 1. The van der Waals surface area contributed by atoms with Crippen molar-refractivity contribution in [3.05, 3.63) is 56.2 Å². The van der Waals surface area contributed by atoms with E-state index < -0.39 is 0 Å². The Bertz CT molecular complexity index is 1160. The van der Waals surface area contributed by atoms with E-state index in [-0.39, 0.29) is 10.8 Å². The number of aryl methyl sites for hydroxylation is 3. The summed E-state index contributed by atoms with van der Waals surface area (Å²) in [7, 11) is 0. The van der Waals surface area contributed by atoms with Gasteiger partial charge in [0.15, 0.2) is 0 Å². The number of thiazole rings is 1. The summed E-state index contributed by atoms with van der Waals surface area (Å²) in [5.41, 5.74) is 6.48. The molecular weight excluding hydrogens is 438 g/mol. The molecule has 1 fully saturated rings. The summed E-state index contributed by atoms with van der Waals surface area (Å²) in [6.45, 7) is 14.8. The lowest BCUT2D eigenvalue weighted by atomic mass is 9.49. The van der Waals surface area contributed by atoms with Gasteiger partial charge in [0.2, 0.25) is 0 Å². The Balaban J connectivity index is 1.41. The van der Waals surface area contributed by atoms with Crippen LogP contribution in [0.25, 0.3) is 5.57 Å². The van der Waals surface area contributed by atoms with Crippen molar-refractivity contribution in [2.75, 3.05) is 13.1 Å². The minimum absolute atomic E-state index is 0.109. The maximum absolute atomic E-state index is 10.8. The Morgan fingerprint density at radius 2 is 2.00 bits per heavy atom. The predicted octanol–water partition coefficient (Wildman–Crippen LogP) is 7.16. The molecule has 0 radical (unpaired) electrons. The van der Waals surface area contributed by atoms with Crippen LogP contribution in [0.5, 0.6) is 0 Å². The first-order chi connectivity index (χ1) is 16.0. The highest BCUT2D eigenvalue weighted by Gasteiger charge is 2.52. The molecule has 1 aromatic heterocycles. The van der Waals surface area contributed by atoms with Crippen molar-refractivity contribution in [3.63, 3.8) is 0 Å². The van der Waals surface area contributed by atoms with Crippen LogP contribution in [0.3, 0.4) is 0 Å². The Morgan fingerprint density at radius 1 is 1.24 bits per heavy atom. The van der Waals surface area contributed by atoms with E-state index in [1.807, 2.05) is 6.92 Å². The van der Waals surface area contributed by atoms with E-state index in [9.17, 15) is 5.11 Å². The lowest BCUT2D eigenvalue weighted by Crippen LogP contribution is -2.53. The van der Waals surface area contributed by atoms with Gasteiger partial charge in [0.25, 0.3) is 0 Å². The normalized spacial score (nSPS) is 29.1. The Hall–Kier alpha value is -2.14. The van der Waals surface area contributed by atoms with E-state index in [1.54, 1.807) is 22.5 Å². The van der Waals surface area contributed by atoms with E-state index in [0.717, 1.165) is 28.5 Å². The highest BCUT2D eigenvalue weighted by Crippen LogP contribution is 2.58. The van der Waals surface area contributed by atoms with E-state index in [4.69, 9.17) is 5.41 Å². The molecule has 0 saturated heterocycles. The molecular formula is C29H39N3OS. The van der Waals surface area contributed by atoms with Gasteiger partial charge in [-0.15, -0.1) is 11.3 Å². The third kappa shape index (κ3) is 3.62. The summed E-state index contributed by atoms with van der Waals surface area (Å²) in [5, 5.41) is 20.6.